The lowest BCUT2D eigenvalue weighted by Gasteiger charge is -2.13. The van der Waals surface area contributed by atoms with Gasteiger partial charge in [-0.2, -0.15) is 0 Å². The highest BCUT2D eigenvalue weighted by molar-refractivity contribution is 7.21. The van der Waals surface area contributed by atoms with Gasteiger partial charge in [0.25, 0.3) is 5.91 Å². The number of nitrogens with zero attached hydrogens (tertiary/aromatic N) is 4. The predicted molar refractivity (Wildman–Crippen MR) is 104 cm³/mol. The van der Waals surface area contributed by atoms with Crippen LogP contribution >= 0.6 is 11.3 Å². The molecule has 27 heavy (non-hydrogen) atoms. The molecule has 0 saturated carbocycles. The summed E-state index contributed by atoms with van der Waals surface area (Å²) in [7, 11) is 1.66. The molecule has 2 aromatic heterocycles. The van der Waals surface area contributed by atoms with Gasteiger partial charge in [0.2, 0.25) is 5.60 Å². The van der Waals surface area contributed by atoms with Crippen LogP contribution in [0.2, 0.25) is 0 Å². The zero-order valence-corrected chi connectivity index (χ0v) is 15.7. The molecule has 0 radical (unpaired) electrons. The number of hydrogen-bond donors (Lipinski definition) is 2. The number of aliphatic hydroxyl groups is 1. The summed E-state index contributed by atoms with van der Waals surface area (Å²) in [6.45, 7) is 2.45. The van der Waals surface area contributed by atoms with Gasteiger partial charge in [0.15, 0.2) is 5.82 Å². The summed E-state index contributed by atoms with van der Waals surface area (Å²) in [5, 5.41) is 11.2. The first kappa shape index (κ1) is 17.4. The van der Waals surface area contributed by atoms with Crippen molar-refractivity contribution in [2.75, 3.05) is 19.3 Å². The molecule has 8 heteroatoms. The molecule has 1 unspecified atom stereocenters. The van der Waals surface area contributed by atoms with E-state index in [0.717, 1.165) is 21.0 Å². The number of benzene rings is 1. The maximum absolute atomic E-state index is 12.1. The number of aromatic nitrogens is 3. The average Bonchev–Trinajstić information content (AvgIpc) is 3.19. The number of likely N-dealkylation sites (N-methyl/N-ethyl adjacent to an activating group) is 1. The van der Waals surface area contributed by atoms with Crippen LogP contribution in [0.25, 0.3) is 20.9 Å². The molecular formula is C19H17N5O2S. The lowest BCUT2D eigenvalue weighted by atomic mass is 10.0. The quantitative estimate of drug-likeness (QED) is 0.622. The molecule has 1 aliphatic heterocycles. The first-order valence-corrected chi connectivity index (χ1v) is 9.17. The summed E-state index contributed by atoms with van der Waals surface area (Å²) in [5.74, 6) is 5.69. The Balaban J connectivity index is 1.73. The second kappa shape index (κ2) is 6.30. The Bertz CT molecular complexity index is 1130. The van der Waals surface area contributed by atoms with Crippen LogP contribution in [0.5, 0.6) is 0 Å². The molecular weight excluding hydrogens is 362 g/mol. The number of nitrogen functional groups attached to an aromatic ring is 1. The summed E-state index contributed by atoms with van der Waals surface area (Å²) in [4.78, 5) is 27.0. The molecule has 7 nitrogen and oxygen atoms in total. The molecule has 0 aliphatic carbocycles. The molecule has 1 aromatic carbocycles. The highest BCUT2D eigenvalue weighted by Crippen LogP contribution is 2.31. The molecule has 1 fully saturated rings. The Morgan fingerprint density at radius 1 is 1.33 bits per heavy atom. The normalized spacial score (nSPS) is 19.4. The fourth-order valence-corrected chi connectivity index (χ4v) is 3.92. The summed E-state index contributed by atoms with van der Waals surface area (Å²) >= 11 is 1.42. The van der Waals surface area contributed by atoms with Crippen molar-refractivity contribution in [3.8, 4) is 22.4 Å². The SMILES string of the molecule is Cc1cc(C#CC2(O)CCN(C)C2=O)cc(-c2nc3c(N)ncnc3s2)c1. The van der Waals surface area contributed by atoms with E-state index in [2.05, 4.69) is 26.8 Å². The predicted octanol–water partition coefficient (Wildman–Crippen LogP) is 1.59. The minimum atomic E-state index is -1.61. The number of fused-ring (bicyclic) bond motifs is 1. The van der Waals surface area contributed by atoms with Crippen molar-refractivity contribution < 1.29 is 9.90 Å². The first-order valence-electron chi connectivity index (χ1n) is 8.36. The third kappa shape index (κ3) is 3.12. The van der Waals surface area contributed by atoms with Crippen molar-refractivity contribution in [2.24, 2.45) is 0 Å². The van der Waals surface area contributed by atoms with Gasteiger partial charge in [-0.15, -0.1) is 0 Å². The maximum atomic E-state index is 12.1. The standard InChI is InChI=1S/C19H17N5O2S/c1-11-7-12(3-4-19(26)5-6-24(2)18(19)25)9-13(8-11)16-23-14-15(20)21-10-22-17(14)27-16/h7-10,26H,5-6H2,1-2H3,(H2,20,21,22). The summed E-state index contributed by atoms with van der Waals surface area (Å²) < 4.78 is 0. The van der Waals surface area contributed by atoms with Crippen LogP contribution in [-0.4, -0.2) is 50.1 Å². The first-order chi connectivity index (χ1) is 12.9. The maximum Gasteiger partial charge on any atom is 0.267 e. The number of carbonyl (C=O) groups is 1. The Morgan fingerprint density at radius 3 is 2.85 bits per heavy atom. The molecule has 3 heterocycles. The Hall–Kier alpha value is -3.02. The largest absolute Gasteiger partial charge is 0.382 e. The number of carbonyl (C=O) groups excluding carboxylic acids is 1. The van der Waals surface area contributed by atoms with E-state index >= 15 is 0 Å². The van der Waals surface area contributed by atoms with Crippen molar-refractivity contribution in [2.45, 2.75) is 18.9 Å². The fourth-order valence-electron chi connectivity index (χ4n) is 3.02. The minimum Gasteiger partial charge on any atom is -0.382 e. The van der Waals surface area contributed by atoms with Crippen LogP contribution in [0, 0.1) is 18.8 Å². The van der Waals surface area contributed by atoms with E-state index < -0.39 is 5.60 Å². The van der Waals surface area contributed by atoms with Crippen LogP contribution in [0.1, 0.15) is 17.5 Å². The van der Waals surface area contributed by atoms with E-state index in [1.54, 1.807) is 7.05 Å². The van der Waals surface area contributed by atoms with E-state index in [1.807, 2.05) is 25.1 Å². The number of aryl methyl sites for hydroxylation is 1. The lowest BCUT2D eigenvalue weighted by Crippen LogP contribution is -2.37. The molecule has 0 bridgehead atoms. The van der Waals surface area contributed by atoms with Crippen LogP contribution in [-0.2, 0) is 4.79 Å². The number of rotatable bonds is 1. The van der Waals surface area contributed by atoms with Crippen LogP contribution < -0.4 is 5.73 Å². The van der Waals surface area contributed by atoms with Crippen molar-refractivity contribution in [3.05, 3.63) is 35.7 Å². The summed E-state index contributed by atoms with van der Waals surface area (Å²) in [6, 6.07) is 5.79. The smallest absolute Gasteiger partial charge is 0.267 e. The molecule has 1 saturated heterocycles. The molecule has 4 rings (SSSR count). The second-order valence-corrected chi connectivity index (χ2v) is 7.58. The summed E-state index contributed by atoms with van der Waals surface area (Å²) in [5.41, 5.74) is 7.43. The van der Waals surface area contributed by atoms with Crippen molar-refractivity contribution in [3.63, 3.8) is 0 Å². The van der Waals surface area contributed by atoms with Crippen molar-refractivity contribution in [1.82, 2.24) is 19.9 Å². The van der Waals surface area contributed by atoms with E-state index in [-0.39, 0.29) is 5.91 Å². The van der Waals surface area contributed by atoms with Gasteiger partial charge < -0.3 is 15.7 Å². The average molecular weight is 379 g/mol. The van der Waals surface area contributed by atoms with Gasteiger partial charge in [-0.1, -0.05) is 23.2 Å². The lowest BCUT2D eigenvalue weighted by molar-refractivity contribution is -0.137. The Labute approximate surface area is 159 Å². The van der Waals surface area contributed by atoms with Crippen molar-refractivity contribution >= 4 is 33.4 Å². The third-order valence-corrected chi connectivity index (χ3v) is 5.48. The summed E-state index contributed by atoms with van der Waals surface area (Å²) in [6.07, 6.45) is 1.73. The topological polar surface area (TPSA) is 105 Å². The van der Waals surface area contributed by atoms with Gasteiger partial charge in [0.1, 0.15) is 21.7 Å². The number of hydrogen-bond acceptors (Lipinski definition) is 7. The molecule has 0 spiro atoms. The van der Waals surface area contributed by atoms with E-state index in [9.17, 15) is 9.90 Å². The monoisotopic (exact) mass is 379 g/mol. The van der Waals surface area contributed by atoms with Crippen LogP contribution in [0.3, 0.4) is 0 Å². The van der Waals surface area contributed by atoms with Crippen LogP contribution in [0.15, 0.2) is 24.5 Å². The van der Waals surface area contributed by atoms with Gasteiger partial charge in [-0.05, 0) is 30.7 Å². The molecule has 1 atom stereocenters. The van der Waals surface area contributed by atoms with E-state index in [1.165, 1.54) is 22.6 Å². The number of anilines is 1. The van der Waals surface area contributed by atoms with E-state index in [4.69, 9.17) is 5.73 Å². The number of likely N-dealkylation sites (tertiary alicyclic amines) is 1. The Morgan fingerprint density at radius 2 is 2.15 bits per heavy atom. The minimum absolute atomic E-state index is 0.309. The molecule has 136 valence electrons. The van der Waals surface area contributed by atoms with Gasteiger partial charge in [-0.3, -0.25) is 4.79 Å². The van der Waals surface area contributed by atoms with Gasteiger partial charge in [-0.25, -0.2) is 15.0 Å². The highest BCUT2D eigenvalue weighted by Gasteiger charge is 2.42. The number of thiazole rings is 1. The van der Waals surface area contributed by atoms with Crippen molar-refractivity contribution in [1.29, 1.82) is 0 Å². The molecule has 3 N–H and O–H groups in total. The molecule has 1 aliphatic rings. The highest BCUT2D eigenvalue weighted by atomic mass is 32.1. The number of nitrogens with two attached hydrogens (primary N) is 1. The van der Waals surface area contributed by atoms with E-state index in [0.29, 0.717) is 29.9 Å². The van der Waals surface area contributed by atoms with Gasteiger partial charge >= 0.3 is 0 Å². The van der Waals surface area contributed by atoms with Gasteiger partial charge in [0.05, 0.1) is 0 Å². The molecule has 1 amide bonds. The Kier molecular flexibility index (Phi) is 4.06. The van der Waals surface area contributed by atoms with Crippen LogP contribution in [0.4, 0.5) is 5.82 Å². The molecule has 3 aromatic rings. The fraction of sp³-hybridized carbons (Fsp3) is 0.263. The second-order valence-electron chi connectivity index (χ2n) is 6.61. The number of amides is 1. The van der Waals surface area contributed by atoms with Gasteiger partial charge in [0, 0.05) is 31.1 Å². The zero-order chi connectivity index (χ0) is 19.2. The zero-order valence-electron chi connectivity index (χ0n) is 14.9. The third-order valence-electron chi connectivity index (χ3n) is 4.47.